The first-order valence-corrected chi connectivity index (χ1v) is 9.39. The highest BCUT2D eigenvalue weighted by Gasteiger charge is 2.28. The van der Waals surface area contributed by atoms with E-state index in [9.17, 15) is 9.35 Å². The zero-order chi connectivity index (χ0) is 17.1. The van der Waals surface area contributed by atoms with Crippen LogP contribution >= 0.6 is 11.3 Å². The largest absolute Gasteiger partial charge is 0.609 e. The molecule has 24 heavy (non-hydrogen) atoms. The maximum atomic E-state index is 12.8. The van der Waals surface area contributed by atoms with Gasteiger partial charge in [0.05, 0.1) is 24.9 Å². The van der Waals surface area contributed by atoms with Gasteiger partial charge in [0, 0.05) is 34.2 Å². The van der Waals surface area contributed by atoms with Crippen LogP contribution in [0.5, 0.6) is 5.75 Å². The molecular weight excluding hydrogens is 350 g/mol. The molecule has 0 aromatic carbocycles. The molecule has 0 N–H and O–H groups in total. The highest BCUT2D eigenvalue weighted by atomic mass is 32.2. The Kier molecular flexibility index (Phi) is 5.03. The lowest BCUT2D eigenvalue weighted by Gasteiger charge is -2.11. The Balaban J connectivity index is 1.93. The van der Waals surface area contributed by atoms with E-state index < -0.39 is 17.3 Å². The van der Waals surface area contributed by atoms with E-state index >= 15 is 0 Å². The Hall–Kier alpha value is -2.10. The average molecular weight is 365 g/mol. The molecule has 3 aromatic rings. The molecule has 0 saturated heterocycles. The predicted molar refractivity (Wildman–Crippen MR) is 90.9 cm³/mol. The summed E-state index contributed by atoms with van der Waals surface area (Å²) in [6.45, 7) is 1.95. The Bertz CT molecular complexity index is 861. The number of rotatable bonds is 5. The van der Waals surface area contributed by atoms with Gasteiger partial charge in [-0.25, -0.2) is 4.79 Å². The van der Waals surface area contributed by atoms with Crippen molar-refractivity contribution in [1.29, 1.82) is 0 Å². The van der Waals surface area contributed by atoms with Crippen molar-refractivity contribution < 1.29 is 18.8 Å². The smallest absolute Gasteiger partial charge is 0.423 e. The van der Waals surface area contributed by atoms with Crippen LogP contribution in [-0.2, 0) is 21.7 Å². The lowest BCUT2D eigenvalue weighted by Crippen LogP contribution is -2.20. The summed E-state index contributed by atoms with van der Waals surface area (Å²) in [4.78, 5) is 20.7. The SMILES string of the molecule is CCOC(=O)n1c([S+]([O-])Cc2cc(OC)ccn2)nc2cscc21. The third-order valence-electron chi connectivity index (χ3n) is 3.23. The molecule has 0 aliphatic carbocycles. The zero-order valence-corrected chi connectivity index (χ0v) is 14.7. The van der Waals surface area contributed by atoms with Gasteiger partial charge in [-0.05, 0) is 13.0 Å². The van der Waals surface area contributed by atoms with Crippen LogP contribution in [0.25, 0.3) is 11.0 Å². The highest BCUT2D eigenvalue weighted by molar-refractivity contribution is 7.90. The van der Waals surface area contributed by atoms with E-state index in [4.69, 9.17) is 9.47 Å². The molecule has 0 aliphatic rings. The number of nitrogens with zero attached hydrogens (tertiary/aromatic N) is 3. The second-order valence-corrected chi connectivity index (χ2v) is 6.84. The lowest BCUT2D eigenvalue weighted by molar-refractivity contribution is 0.152. The van der Waals surface area contributed by atoms with Gasteiger partial charge in [0.2, 0.25) is 0 Å². The molecule has 0 bridgehead atoms. The van der Waals surface area contributed by atoms with E-state index in [1.807, 2.05) is 0 Å². The van der Waals surface area contributed by atoms with Crippen molar-refractivity contribution in [2.75, 3.05) is 13.7 Å². The number of pyridine rings is 1. The van der Waals surface area contributed by atoms with Crippen LogP contribution in [0, 0.1) is 0 Å². The summed E-state index contributed by atoms with van der Waals surface area (Å²) in [5.74, 6) is 0.755. The molecule has 0 radical (unpaired) electrons. The van der Waals surface area contributed by atoms with E-state index in [1.165, 1.54) is 15.9 Å². The Labute approximate surface area is 145 Å². The first-order valence-electron chi connectivity index (χ1n) is 7.13. The number of fused-ring (bicyclic) bond motifs is 1. The third kappa shape index (κ3) is 3.23. The zero-order valence-electron chi connectivity index (χ0n) is 13.1. The van der Waals surface area contributed by atoms with Gasteiger partial charge in [0.15, 0.2) is 5.75 Å². The number of imidazole rings is 1. The third-order valence-corrected chi connectivity index (χ3v) is 5.18. The molecule has 3 heterocycles. The van der Waals surface area contributed by atoms with Crippen LogP contribution in [-0.4, -0.2) is 38.9 Å². The Morgan fingerprint density at radius 3 is 3.04 bits per heavy atom. The highest BCUT2D eigenvalue weighted by Crippen LogP contribution is 2.25. The van der Waals surface area contributed by atoms with E-state index in [0.29, 0.717) is 22.5 Å². The maximum Gasteiger partial charge on any atom is 0.423 e. The van der Waals surface area contributed by atoms with Gasteiger partial charge >= 0.3 is 11.2 Å². The molecule has 3 aromatic heterocycles. The molecule has 0 amide bonds. The number of methoxy groups -OCH3 is 1. The number of carbonyl (C=O) groups excluding carboxylic acids is 1. The van der Waals surface area contributed by atoms with Gasteiger partial charge in [0.25, 0.3) is 0 Å². The first-order chi connectivity index (χ1) is 11.6. The Morgan fingerprint density at radius 1 is 1.46 bits per heavy atom. The standard InChI is InChI=1S/C15H15N3O4S2/c1-3-22-15(19)18-13-8-23-7-12(13)17-14(18)24(20)9-10-6-11(21-2)4-5-16-10/h4-8H,3,9H2,1-2H3. The van der Waals surface area contributed by atoms with Crippen molar-refractivity contribution in [3.8, 4) is 5.75 Å². The first kappa shape index (κ1) is 16.7. The number of hydrogen-bond acceptors (Lipinski definition) is 7. The molecule has 0 saturated carbocycles. The fraction of sp³-hybridized carbons (Fsp3) is 0.267. The van der Waals surface area contributed by atoms with E-state index in [1.54, 1.807) is 43.1 Å². The predicted octanol–water partition coefficient (Wildman–Crippen LogP) is 2.81. The number of thiophene rings is 1. The molecule has 1 unspecified atom stereocenters. The molecule has 126 valence electrons. The molecule has 7 nitrogen and oxygen atoms in total. The molecular formula is C15H15N3O4S2. The minimum absolute atomic E-state index is 0.125. The minimum Gasteiger partial charge on any atom is -0.609 e. The average Bonchev–Trinajstić information content (AvgIpc) is 3.15. The molecule has 0 fully saturated rings. The molecule has 1 atom stereocenters. The number of aromatic nitrogens is 3. The molecule has 9 heteroatoms. The monoisotopic (exact) mass is 365 g/mol. The van der Waals surface area contributed by atoms with Gasteiger partial charge in [0.1, 0.15) is 11.3 Å². The van der Waals surface area contributed by atoms with Crippen molar-refractivity contribution in [1.82, 2.24) is 14.5 Å². The molecule has 0 aliphatic heterocycles. The van der Waals surface area contributed by atoms with Crippen molar-refractivity contribution in [3.05, 3.63) is 34.8 Å². The fourth-order valence-electron chi connectivity index (χ4n) is 2.17. The van der Waals surface area contributed by atoms with Gasteiger partial charge in [-0.15, -0.1) is 11.3 Å². The summed E-state index contributed by atoms with van der Waals surface area (Å²) < 4.78 is 24.2. The van der Waals surface area contributed by atoms with Crippen LogP contribution in [0.1, 0.15) is 12.6 Å². The second-order valence-electron chi connectivity index (χ2n) is 4.75. The molecule has 3 rings (SSSR count). The molecule has 0 spiro atoms. The summed E-state index contributed by atoms with van der Waals surface area (Å²) in [7, 11) is 1.55. The van der Waals surface area contributed by atoms with Crippen molar-refractivity contribution in [2.45, 2.75) is 17.8 Å². The van der Waals surface area contributed by atoms with Crippen molar-refractivity contribution in [3.63, 3.8) is 0 Å². The topological polar surface area (TPSA) is 89.3 Å². The van der Waals surface area contributed by atoms with Crippen molar-refractivity contribution >= 4 is 39.6 Å². The summed E-state index contributed by atoms with van der Waals surface area (Å²) in [6.07, 6.45) is 1.00. The van der Waals surface area contributed by atoms with Gasteiger partial charge < -0.3 is 14.0 Å². The maximum absolute atomic E-state index is 12.8. The van der Waals surface area contributed by atoms with Gasteiger partial charge in [-0.2, -0.15) is 9.55 Å². The quantitative estimate of drug-likeness (QED) is 0.646. The normalized spacial score (nSPS) is 12.3. The van der Waals surface area contributed by atoms with Crippen LogP contribution in [0.3, 0.4) is 0 Å². The van der Waals surface area contributed by atoms with E-state index in [0.717, 1.165) is 0 Å². The summed E-state index contributed by atoms with van der Waals surface area (Å²) in [5, 5.41) is 3.75. The minimum atomic E-state index is -1.55. The lowest BCUT2D eigenvalue weighted by atomic mass is 10.3. The summed E-state index contributed by atoms with van der Waals surface area (Å²) >= 11 is -0.134. The summed E-state index contributed by atoms with van der Waals surface area (Å²) in [5.41, 5.74) is 1.81. The van der Waals surface area contributed by atoms with Crippen LogP contribution < -0.4 is 4.74 Å². The second kappa shape index (κ2) is 7.20. The van der Waals surface area contributed by atoms with Crippen molar-refractivity contribution in [2.24, 2.45) is 0 Å². The van der Waals surface area contributed by atoms with Crippen LogP contribution in [0.4, 0.5) is 4.79 Å². The summed E-state index contributed by atoms with van der Waals surface area (Å²) in [6, 6.07) is 3.42. The number of hydrogen-bond donors (Lipinski definition) is 0. The fourth-order valence-corrected chi connectivity index (χ4v) is 4.03. The van der Waals surface area contributed by atoms with Crippen LogP contribution in [0.15, 0.2) is 34.2 Å². The van der Waals surface area contributed by atoms with E-state index in [2.05, 4.69) is 9.97 Å². The van der Waals surface area contributed by atoms with E-state index in [-0.39, 0.29) is 17.5 Å². The number of carbonyl (C=O) groups is 1. The van der Waals surface area contributed by atoms with Crippen LogP contribution in [0.2, 0.25) is 0 Å². The van der Waals surface area contributed by atoms with Gasteiger partial charge in [-0.1, -0.05) is 0 Å². The Morgan fingerprint density at radius 2 is 2.29 bits per heavy atom. The number of ether oxygens (including phenoxy) is 2. The van der Waals surface area contributed by atoms with Gasteiger partial charge in [-0.3, -0.25) is 4.98 Å².